The summed E-state index contributed by atoms with van der Waals surface area (Å²) < 4.78 is 19.4. The molecule has 0 aliphatic carbocycles. The lowest BCUT2D eigenvalue weighted by Crippen LogP contribution is -2.45. The molecular weight excluding hydrogens is 249 g/mol. The first-order valence-electron chi connectivity index (χ1n) is 4.54. The van der Waals surface area contributed by atoms with E-state index in [1.165, 1.54) is 6.07 Å². The molecule has 76 valence electrons. The van der Waals surface area contributed by atoms with Crippen LogP contribution in [-0.4, -0.2) is 19.7 Å². The van der Waals surface area contributed by atoms with E-state index >= 15 is 0 Å². The average Bonchev–Trinajstić information content (AvgIpc) is 2.08. The summed E-state index contributed by atoms with van der Waals surface area (Å²) in [6.07, 6.45) is 0. The fourth-order valence-corrected chi connectivity index (χ4v) is 1.60. The van der Waals surface area contributed by atoms with E-state index in [1.54, 1.807) is 12.1 Å². The molecule has 14 heavy (non-hydrogen) atoms. The third kappa shape index (κ3) is 2.25. The summed E-state index contributed by atoms with van der Waals surface area (Å²) in [5.74, 6) is 0.542. The second-order valence-electron chi connectivity index (χ2n) is 3.41. The summed E-state index contributed by atoms with van der Waals surface area (Å²) in [5, 5.41) is 3.14. The minimum Gasteiger partial charge on any atom is -0.490 e. The Morgan fingerprint density at radius 3 is 2.93 bits per heavy atom. The highest BCUT2D eigenvalue weighted by molar-refractivity contribution is 9.10. The van der Waals surface area contributed by atoms with E-state index in [2.05, 4.69) is 21.2 Å². The SMILES string of the molecule is Fc1ccc(Br)cc1OCC1CNC1. The number of hydrogen-bond donors (Lipinski definition) is 1. The van der Waals surface area contributed by atoms with Gasteiger partial charge < -0.3 is 10.1 Å². The summed E-state index contributed by atoms with van der Waals surface area (Å²) >= 11 is 3.28. The topological polar surface area (TPSA) is 21.3 Å². The zero-order valence-corrected chi connectivity index (χ0v) is 9.18. The van der Waals surface area contributed by atoms with Gasteiger partial charge in [-0.15, -0.1) is 0 Å². The lowest BCUT2D eigenvalue weighted by atomic mass is 10.1. The van der Waals surface area contributed by atoms with E-state index in [1.807, 2.05) is 0 Å². The number of hydrogen-bond acceptors (Lipinski definition) is 2. The van der Waals surface area contributed by atoms with E-state index in [0.29, 0.717) is 18.3 Å². The van der Waals surface area contributed by atoms with Crippen LogP contribution in [0, 0.1) is 11.7 Å². The maximum absolute atomic E-state index is 13.2. The van der Waals surface area contributed by atoms with Crippen molar-refractivity contribution in [1.29, 1.82) is 0 Å². The fourth-order valence-electron chi connectivity index (χ4n) is 1.26. The lowest BCUT2D eigenvalue weighted by Gasteiger charge is -2.26. The second-order valence-corrected chi connectivity index (χ2v) is 4.33. The number of ether oxygens (including phenoxy) is 1. The van der Waals surface area contributed by atoms with Gasteiger partial charge in [0.15, 0.2) is 11.6 Å². The smallest absolute Gasteiger partial charge is 0.165 e. The van der Waals surface area contributed by atoms with Crippen LogP contribution in [0.15, 0.2) is 22.7 Å². The molecule has 0 aromatic heterocycles. The molecule has 0 bridgehead atoms. The molecule has 1 aliphatic heterocycles. The zero-order valence-electron chi connectivity index (χ0n) is 7.59. The van der Waals surface area contributed by atoms with Crippen molar-refractivity contribution in [2.45, 2.75) is 0 Å². The van der Waals surface area contributed by atoms with Crippen molar-refractivity contribution in [3.8, 4) is 5.75 Å². The monoisotopic (exact) mass is 259 g/mol. The molecule has 0 saturated carbocycles. The minimum absolute atomic E-state index is 0.305. The van der Waals surface area contributed by atoms with Crippen molar-refractivity contribution in [3.05, 3.63) is 28.5 Å². The van der Waals surface area contributed by atoms with Gasteiger partial charge in [0.1, 0.15) is 0 Å². The molecule has 1 aromatic carbocycles. The molecule has 0 radical (unpaired) electrons. The fraction of sp³-hybridized carbons (Fsp3) is 0.400. The van der Waals surface area contributed by atoms with Gasteiger partial charge in [-0.3, -0.25) is 0 Å². The van der Waals surface area contributed by atoms with E-state index in [-0.39, 0.29) is 5.82 Å². The largest absolute Gasteiger partial charge is 0.490 e. The van der Waals surface area contributed by atoms with Gasteiger partial charge in [-0.25, -0.2) is 4.39 Å². The van der Waals surface area contributed by atoms with E-state index in [0.717, 1.165) is 17.6 Å². The molecule has 0 atom stereocenters. The maximum atomic E-state index is 13.2. The molecule has 1 N–H and O–H groups in total. The number of rotatable bonds is 3. The van der Waals surface area contributed by atoms with Crippen molar-refractivity contribution in [1.82, 2.24) is 5.32 Å². The predicted molar refractivity (Wildman–Crippen MR) is 56.0 cm³/mol. The van der Waals surface area contributed by atoms with Crippen LogP contribution in [-0.2, 0) is 0 Å². The van der Waals surface area contributed by atoms with Crippen LogP contribution < -0.4 is 10.1 Å². The Hall–Kier alpha value is -0.610. The van der Waals surface area contributed by atoms with E-state index in [9.17, 15) is 4.39 Å². The summed E-state index contributed by atoms with van der Waals surface area (Å²) in [5.41, 5.74) is 0. The first-order chi connectivity index (χ1) is 6.75. The molecular formula is C10H11BrFNO. The average molecular weight is 260 g/mol. The molecule has 1 aliphatic rings. The van der Waals surface area contributed by atoms with Crippen LogP contribution in [0.4, 0.5) is 4.39 Å². The van der Waals surface area contributed by atoms with Crippen LogP contribution >= 0.6 is 15.9 Å². The molecule has 2 rings (SSSR count). The third-order valence-corrected chi connectivity index (χ3v) is 2.73. The van der Waals surface area contributed by atoms with Crippen molar-refractivity contribution in [2.24, 2.45) is 5.92 Å². The van der Waals surface area contributed by atoms with Crippen molar-refractivity contribution < 1.29 is 9.13 Å². The van der Waals surface area contributed by atoms with Gasteiger partial charge >= 0.3 is 0 Å². The summed E-state index contributed by atoms with van der Waals surface area (Å²) in [4.78, 5) is 0. The van der Waals surface area contributed by atoms with Gasteiger partial charge in [-0.1, -0.05) is 15.9 Å². The van der Waals surface area contributed by atoms with Gasteiger partial charge in [0.25, 0.3) is 0 Å². The molecule has 0 spiro atoms. The Morgan fingerprint density at radius 1 is 1.50 bits per heavy atom. The lowest BCUT2D eigenvalue weighted by molar-refractivity contribution is 0.193. The Bertz CT molecular complexity index is 328. The van der Waals surface area contributed by atoms with Crippen LogP contribution in [0.3, 0.4) is 0 Å². The standard InChI is InChI=1S/C10H11BrFNO/c11-8-1-2-9(12)10(3-8)14-6-7-4-13-5-7/h1-3,7,13H,4-6H2. The molecule has 1 saturated heterocycles. The van der Waals surface area contributed by atoms with Gasteiger partial charge in [0.05, 0.1) is 6.61 Å². The zero-order chi connectivity index (χ0) is 9.97. The van der Waals surface area contributed by atoms with Gasteiger partial charge in [-0.2, -0.15) is 0 Å². The third-order valence-electron chi connectivity index (χ3n) is 2.23. The van der Waals surface area contributed by atoms with Crippen LogP contribution in [0.1, 0.15) is 0 Å². The molecule has 0 unspecified atom stereocenters. The highest BCUT2D eigenvalue weighted by Gasteiger charge is 2.17. The van der Waals surface area contributed by atoms with Crippen LogP contribution in [0.25, 0.3) is 0 Å². The number of nitrogens with one attached hydrogen (secondary N) is 1. The summed E-state index contributed by atoms with van der Waals surface area (Å²) in [6.45, 7) is 2.52. The highest BCUT2D eigenvalue weighted by atomic mass is 79.9. The van der Waals surface area contributed by atoms with Gasteiger partial charge in [0.2, 0.25) is 0 Å². The normalized spacial score (nSPS) is 16.4. The minimum atomic E-state index is -0.305. The molecule has 1 fully saturated rings. The highest BCUT2D eigenvalue weighted by Crippen LogP contribution is 2.22. The molecule has 2 nitrogen and oxygen atoms in total. The Morgan fingerprint density at radius 2 is 2.29 bits per heavy atom. The number of benzene rings is 1. The van der Waals surface area contributed by atoms with Crippen molar-refractivity contribution in [3.63, 3.8) is 0 Å². The van der Waals surface area contributed by atoms with E-state index in [4.69, 9.17) is 4.74 Å². The van der Waals surface area contributed by atoms with Crippen molar-refractivity contribution >= 4 is 15.9 Å². The molecule has 4 heteroatoms. The van der Waals surface area contributed by atoms with Gasteiger partial charge in [-0.05, 0) is 18.2 Å². The molecule has 1 heterocycles. The summed E-state index contributed by atoms with van der Waals surface area (Å²) in [7, 11) is 0. The van der Waals surface area contributed by atoms with Gasteiger partial charge in [0, 0.05) is 23.5 Å². The van der Waals surface area contributed by atoms with Crippen LogP contribution in [0.5, 0.6) is 5.75 Å². The van der Waals surface area contributed by atoms with E-state index < -0.39 is 0 Å². The molecule has 0 amide bonds. The Kier molecular flexibility index (Phi) is 3.03. The number of halogens is 2. The quantitative estimate of drug-likeness (QED) is 0.899. The first-order valence-corrected chi connectivity index (χ1v) is 5.33. The van der Waals surface area contributed by atoms with Crippen LogP contribution in [0.2, 0.25) is 0 Å². The maximum Gasteiger partial charge on any atom is 0.165 e. The Labute approximate surface area is 90.6 Å². The Balaban J connectivity index is 1.96. The molecule has 1 aromatic rings. The second kappa shape index (κ2) is 4.28. The van der Waals surface area contributed by atoms with Crippen molar-refractivity contribution in [2.75, 3.05) is 19.7 Å². The summed E-state index contributed by atoms with van der Waals surface area (Å²) in [6, 6.07) is 4.72. The first kappa shape index (κ1) is 9.93. The predicted octanol–water partition coefficient (Wildman–Crippen LogP) is 2.19.